The molecule has 4 heteroatoms. The van der Waals surface area contributed by atoms with Gasteiger partial charge in [-0.1, -0.05) is 6.92 Å². The average Bonchev–Trinajstić information content (AvgIpc) is 2.50. The number of rotatable bonds is 5. The highest BCUT2D eigenvalue weighted by Crippen LogP contribution is 2.33. The minimum atomic E-state index is -0.594. The predicted octanol–water partition coefficient (Wildman–Crippen LogP) is 2.60. The van der Waals surface area contributed by atoms with Crippen molar-refractivity contribution >= 4 is 6.21 Å². The Morgan fingerprint density at radius 3 is 2.68 bits per heavy atom. The van der Waals surface area contributed by atoms with E-state index in [1.807, 2.05) is 30.5 Å². The van der Waals surface area contributed by atoms with Gasteiger partial charge in [0.1, 0.15) is 5.75 Å². The first kappa shape index (κ1) is 17.0. The number of nitrogens with zero attached hydrogens (tertiary/aromatic N) is 2. The minimum absolute atomic E-state index is 0.282. The smallest absolute Gasteiger partial charge is 0.118 e. The second-order valence-electron chi connectivity index (χ2n) is 6.56. The molecule has 1 fully saturated rings. The molecule has 0 bridgehead atoms. The van der Waals surface area contributed by atoms with Crippen LogP contribution in [0.3, 0.4) is 0 Å². The van der Waals surface area contributed by atoms with Crippen molar-refractivity contribution < 1.29 is 9.84 Å². The van der Waals surface area contributed by atoms with Gasteiger partial charge in [-0.15, -0.1) is 0 Å². The van der Waals surface area contributed by atoms with Crippen molar-refractivity contribution in [2.75, 3.05) is 27.2 Å². The summed E-state index contributed by atoms with van der Waals surface area (Å²) in [6.45, 7) is 5.91. The lowest BCUT2D eigenvalue weighted by atomic mass is 9.77. The van der Waals surface area contributed by atoms with E-state index in [0.717, 1.165) is 30.7 Å². The van der Waals surface area contributed by atoms with Crippen molar-refractivity contribution in [1.82, 2.24) is 4.90 Å². The van der Waals surface area contributed by atoms with Gasteiger partial charge in [0.2, 0.25) is 0 Å². The van der Waals surface area contributed by atoms with Crippen LogP contribution in [0.5, 0.6) is 5.75 Å². The van der Waals surface area contributed by atoms with Crippen molar-refractivity contribution in [2.45, 2.75) is 38.3 Å². The summed E-state index contributed by atoms with van der Waals surface area (Å²) in [5.74, 6) is 1.13. The number of aliphatic imine (C=N–C) groups is 1. The van der Waals surface area contributed by atoms with Gasteiger partial charge in [0.05, 0.1) is 12.7 Å². The molecule has 1 aliphatic rings. The Morgan fingerprint density at radius 1 is 1.36 bits per heavy atom. The number of methoxy groups -OCH3 is 1. The first-order valence-electron chi connectivity index (χ1n) is 8.01. The number of hydrogen-bond acceptors (Lipinski definition) is 4. The van der Waals surface area contributed by atoms with Gasteiger partial charge in [-0.3, -0.25) is 4.99 Å². The summed E-state index contributed by atoms with van der Waals surface area (Å²) >= 11 is 0. The maximum absolute atomic E-state index is 10.9. The quantitative estimate of drug-likeness (QED) is 0.851. The lowest BCUT2D eigenvalue weighted by Gasteiger charge is -2.45. The molecule has 1 aliphatic heterocycles. The third-order valence-electron chi connectivity index (χ3n) is 4.91. The summed E-state index contributed by atoms with van der Waals surface area (Å²) in [5, 5.41) is 10.9. The molecule has 1 aromatic rings. The second-order valence-corrected chi connectivity index (χ2v) is 6.56. The largest absolute Gasteiger partial charge is 0.497 e. The first-order valence-corrected chi connectivity index (χ1v) is 8.01. The van der Waals surface area contributed by atoms with Crippen LogP contribution in [0.2, 0.25) is 0 Å². The number of piperidine rings is 1. The molecule has 2 rings (SSSR count). The molecule has 0 amide bonds. The molecule has 0 saturated carbocycles. The fourth-order valence-corrected chi connectivity index (χ4v) is 3.12. The van der Waals surface area contributed by atoms with Crippen molar-refractivity contribution in [3.8, 4) is 5.75 Å². The zero-order valence-electron chi connectivity index (χ0n) is 14.1. The van der Waals surface area contributed by atoms with Gasteiger partial charge in [-0.25, -0.2) is 0 Å². The molecule has 22 heavy (non-hydrogen) atoms. The van der Waals surface area contributed by atoms with E-state index in [1.54, 1.807) is 7.11 Å². The molecule has 3 atom stereocenters. The summed E-state index contributed by atoms with van der Waals surface area (Å²) in [6, 6.07) is 8.24. The highest BCUT2D eigenvalue weighted by Gasteiger charge is 2.40. The standard InChI is InChI=1S/C18H28N2O2/c1-14-13-20(3)15(2)11-18(14,21)9-10-19-12-16-5-7-17(22-4)8-6-16/h5-8,12,14-15,21H,9-11,13H2,1-4H3/t14-,15+,18-/m0/s1. The highest BCUT2D eigenvalue weighted by atomic mass is 16.5. The number of ether oxygens (including phenoxy) is 1. The third-order valence-corrected chi connectivity index (χ3v) is 4.91. The van der Waals surface area contributed by atoms with E-state index in [4.69, 9.17) is 4.74 Å². The molecular formula is C18H28N2O2. The van der Waals surface area contributed by atoms with Gasteiger partial charge in [-0.05, 0) is 62.6 Å². The average molecular weight is 304 g/mol. The summed E-state index contributed by atoms with van der Waals surface area (Å²) < 4.78 is 5.14. The van der Waals surface area contributed by atoms with Gasteiger partial charge in [-0.2, -0.15) is 0 Å². The zero-order valence-corrected chi connectivity index (χ0v) is 14.1. The van der Waals surface area contributed by atoms with Crippen LogP contribution >= 0.6 is 0 Å². The molecule has 0 spiro atoms. The monoisotopic (exact) mass is 304 g/mol. The van der Waals surface area contributed by atoms with Crippen molar-refractivity contribution in [2.24, 2.45) is 10.9 Å². The maximum atomic E-state index is 10.9. The fourth-order valence-electron chi connectivity index (χ4n) is 3.12. The molecule has 1 N–H and O–H groups in total. The number of aliphatic hydroxyl groups is 1. The Morgan fingerprint density at radius 2 is 2.05 bits per heavy atom. The van der Waals surface area contributed by atoms with Gasteiger partial charge in [0, 0.05) is 25.3 Å². The van der Waals surface area contributed by atoms with Gasteiger partial charge < -0.3 is 14.7 Å². The third kappa shape index (κ3) is 4.08. The van der Waals surface area contributed by atoms with Crippen molar-refractivity contribution in [1.29, 1.82) is 0 Å². The summed E-state index contributed by atoms with van der Waals surface area (Å²) in [6.07, 6.45) is 3.41. The van der Waals surface area contributed by atoms with Gasteiger partial charge >= 0.3 is 0 Å². The normalized spacial score (nSPS) is 29.9. The molecule has 1 saturated heterocycles. The topological polar surface area (TPSA) is 45.1 Å². The van der Waals surface area contributed by atoms with E-state index in [-0.39, 0.29) is 5.92 Å². The highest BCUT2D eigenvalue weighted by molar-refractivity contribution is 5.79. The van der Waals surface area contributed by atoms with Crippen molar-refractivity contribution in [3.63, 3.8) is 0 Å². The van der Waals surface area contributed by atoms with Crippen LogP contribution in [-0.4, -0.2) is 55.1 Å². The van der Waals surface area contributed by atoms with Crippen LogP contribution in [-0.2, 0) is 0 Å². The van der Waals surface area contributed by atoms with E-state index in [0.29, 0.717) is 12.6 Å². The van der Waals surface area contributed by atoms with Crippen molar-refractivity contribution in [3.05, 3.63) is 29.8 Å². The fraction of sp³-hybridized carbons (Fsp3) is 0.611. The second kappa shape index (κ2) is 7.25. The molecule has 122 valence electrons. The van der Waals surface area contributed by atoms with E-state index >= 15 is 0 Å². The van der Waals surface area contributed by atoms with Gasteiger partial charge in [0.15, 0.2) is 0 Å². The molecule has 1 aromatic carbocycles. The number of benzene rings is 1. The van der Waals surface area contributed by atoms with Crippen LogP contribution < -0.4 is 4.74 Å². The van der Waals surface area contributed by atoms with E-state index in [9.17, 15) is 5.11 Å². The van der Waals surface area contributed by atoms with Crippen LogP contribution in [0.15, 0.2) is 29.3 Å². The molecule has 4 nitrogen and oxygen atoms in total. The van der Waals surface area contributed by atoms with E-state index in [2.05, 4.69) is 30.8 Å². The molecule has 0 aliphatic carbocycles. The summed E-state index contributed by atoms with van der Waals surface area (Å²) in [7, 11) is 3.79. The maximum Gasteiger partial charge on any atom is 0.118 e. The van der Waals surface area contributed by atoms with Gasteiger partial charge in [0.25, 0.3) is 0 Å². The van der Waals surface area contributed by atoms with E-state index in [1.165, 1.54) is 0 Å². The van der Waals surface area contributed by atoms with Crippen LogP contribution in [0.4, 0.5) is 0 Å². The molecule has 0 aromatic heterocycles. The lowest BCUT2D eigenvalue weighted by Crippen LogP contribution is -2.53. The van der Waals surface area contributed by atoms with E-state index < -0.39 is 5.60 Å². The molecule has 1 heterocycles. The number of likely N-dealkylation sites (tertiary alicyclic amines) is 1. The van der Waals surface area contributed by atoms with Crippen LogP contribution in [0, 0.1) is 5.92 Å². The summed E-state index contributed by atoms with van der Waals surface area (Å²) in [5.41, 5.74) is 0.459. The lowest BCUT2D eigenvalue weighted by molar-refractivity contribution is -0.0818. The minimum Gasteiger partial charge on any atom is -0.497 e. The number of hydrogen-bond donors (Lipinski definition) is 1. The van der Waals surface area contributed by atoms with Crippen LogP contribution in [0.25, 0.3) is 0 Å². The molecular weight excluding hydrogens is 276 g/mol. The summed E-state index contributed by atoms with van der Waals surface area (Å²) in [4.78, 5) is 6.79. The Kier molecular flexibility index (Phi) is 5.59. The van der Waals surface area contributed by atoms with Crippen LogP contribution in [0.1, 0.15) is 32.3 Å². The zero-order chi connectivity index (χ0) is 16.2. The Balaban J connectivity index is 1.87. The Hall–Kier alpha value is -1.39. The first-order chi connectivity index (χ1) is 10.4. The Bertz CT molecular complexity index is 500. The molecule has 0 radical (unpaired) electrons. The SMILES string of the molecule is COc1ccc(C=NCC[C@]2(O)C[C@@H](C)N(C)C[C@@H]2C)cc1. The predicted molar refractivity (Wildman–Crippen MR) is 90.9 cm³/mol. The Labute approximate surface area is 133 Å². The molecule has 0 unspecified atom stereocenters.